The van der Waals surface area contributed by atoms with Gasteiger partial charge in [0.05, 0.1) is 54.1 Å². The Balaban J connectivity index is 1.57. The van der Waals surface area contributed by atoms with Crippen LogP contribution in [-0.2, 0) is 6.42 Å². The number of hydrogen-bond acceptors (Lipinski definition) is 4. The van der Waals surface area contributed by atoms with Crippen LogP contribution in [0.25, 0.3) is 0 Å². The van der Waals surface area contributed by atoms with Crippen LogP contribution >= 0.6 is 0 Å². The highest BCUT2D eigenvalue weighted by molar-refractivity contribution is 5.54. The predicted octanol–water partition coefficient (Wildman–Crippen LogP) is 2.11. The lowest BCUT2D eigenvalue weighted by Crippen LogP contribution is -3.15. The maximum atomic E-state index is 13.8. The van der Waals surface area contributed by atoms with Crippen LogP contribution in [0.5, 0.6) is 17.2 Å². The molecule has 0 saturated carbocycles. The fraction of sp³-hybridized carbons (Fsp3) is 0.455. The van der Waals surface area contributed by atoms with Gasteiger partial charge in [-0.25, -0.2) is 4.39 Å². The van der Waals surface area contributed by atoms with Crippen molar-refractivity contribution in [2.24, 2.45) is 0 Å². The number of nitrogens with one attached hydrogen (secondary N) is 1. The zero-order valence-electron chi connectivity index (χ0n) is 17.2. The summed E-state index contributed by atoms with van der Waals surface area (Å²) in [5.74, 6) is 1.88. The van der Waals surface area contributed by atoms with E-state index >= 15 is 0 Å². The van der Waals surface area contributed by atoms with Gasteiger partial charge in [0.15, 0.2) is 11.5 Å². The summed E-state index contributed by atoms with van der Waals surface area (Å²) in [5.41, 5.74) is 2.84. The van der Waals surface area contributed by atoms with Crippen molar-refractivity contribution in [3.05, 3.63) is 47.3 Å². The molecule has 0 unspecified atom stereocenters. The van der Waals surface area contributed by atoms with Crippen LogP contribution in [-0.4, -0.2) is 54.1 Å². The molecule has 0 spiro atoms. The number of rotatable bonds is 7. The lowest BCUT2D eigenvalue weighted by atomic mass is 10.1. The average molecular weight is 389 g/mol. The van der Waals surface area contributed by atoms with Gasteiger partial charge < -0.3 is 24.0 Å². The predicted molar refractivity (Wildman–Crippen MR) is 109 cm³/mol. The molecule has 3 rings (SSSR count). The summed E-state index contributed by atoms with van der Waals surface area (Å²) in [6, 6.07) is 9.56. The summed E-state index contributed by atoms with van der Waals surface area (Å²) in [5, 5.41) is 0. The lowest BCUT2D eigenvalue weighted by molar-refractivity contribution is -0.900. The average Bonchev–Trinajstić information content (AvgIpc) is 2.73. The van der Waals surface area contributed by atoms with E-state index in [2.05, 4.69) is 4.90 Å². The second-order valence-electron chi connectivity index (χ2n) is 7.20. The molecule has 0 aliphatic carbocycles. The van der Waals surface area contributed by atoms with E-state index < -0.39 is 0 Å². The minimum atomic E-state index is -0.130. The smallest absolute Gasteiger partial charge is 0.203 e. The van der Waals surface area contributed by atoms with Crippen molar-refractivity contribution in [1.82, 2.24) is 0 Å². The zero-order chi connectivity index (χ0) is 20.1. The first-order valence-corrected chi connectivity index (χ1v) is 9.69. The number of hydrogen-bond donors (Lipinski definition) is 1. The molecule has 0 bridgehead atoms. The Morgan fingerprint density at radius 3 is 2.14 bits per heavy atom. The monoisotopic (exact) mass is 389 g/mol. The molecule has 152 valence electrons. The number of halogens is 1. The maximum absolute atomic E-state index is 13.8. The van der Waals surface area contributed by atoms with E-state index in [0.29, 0.717) is 22.8 Å². The SMILES string of the molecule is COc1cc(CC[NH+]2CCN(c3ccc(C)c(F)c3)CC2)cc(OC)c1OC. The van der Waals surface area contributed by atoms with E-state index in [1.54, 1.807) is 39.2 Å². The third kappa shape index (κ3) is 4.50. The van der Waals surface area contributed by atoms with Gasteiger partial charge in [0, 0.05) is 12.1 Å². The molecule has 1 N–H and O–H groups in total. The highest BCUT2D eigenvalue weighted by Gasteiger charge is 2.21. The Morgan fingerprint density at radius 2 is 1.61 bits per heavy atom. The highest BCUT2D eigenvalue weighted by Crippen LogP contribution is 2.38. The Labute approximate surface area is 166 Å². The first kappa shape index (κ1) is 20.3. The number of aryl methyl sites for hydroxylation is 1. The molecule has 1 heterocycles. The quantitative estimate of drug-likeness (QED) is 0.787. The second kappa shape index (κ2) is 9.15. The number of methoxy groups -OCH3 is 3. The molecule has 1 fully saturated rings. The van der Waals surface area contributed by atoms with Crippen molar-refractivity contribution in [2.45, 2.75) is 13.3 Å². The highest BCUT2D eigenvalue weighted by atomic mass is 19.1. The van der Waals surface area contributed by atoms with Crippen molar-refractivity contribution >= 4 is 5.69 Å². The number of quaternary nitrogens is 1. The lowest BCUT2D eigenvalue weighted by Gasteiger charge is -2.33. The van der Waals surface area contributed by atoms with Crippen molar-refractivity contribution in [1.29, 1.82) is 0 Å². The number of benzene rings is 2. The summed E-state index contributed by atoms with van der Waals surface area (Å²) in [6.45, 7) is 6.79. The van der Waals surface area contributed by atoms with E-state index in [1.807, 2.05) is 24.3 Å². The van der Waals surface area contributed by atoms with E-state index in [9.17, 15) is 4.39 Å². The number of ether oxygens (including phenoxy) is 3. The number of anilines is 1. The van der Waals surface area contributed by atoms with Gasteiger partial charge in [0.1, 0.15) is 5.82 Å². The molecule has 2 aromatic carbocycles. The molecule has 5 nitrogen and oxygen atoms in total. The summed E-state index contributed by atoms with van der Waals surface area (Å²) in [7, 11) is 4.89. The van der Waals surface area contributed by atoms with Gasteiger partial charge in [-0.05, 0) is 42.3 Å². The van der Waals surface area contributed by atoms with Crippen LogP contribution in [0.3, 0.4) is 0 Å². The van der Waals surface area contributed by atoms with Crippen LogP contribution in [0.15, 0.2) is 30.3 Å². The standard InChI is InChI=1S/C22H29FN2O3/c1-16-5-6-18(15-19(16)23)25-11-9-24(10-12-25)8-7-17-13-20(26-2)22(28-4)21(14-17)27-3/h5-6,13-15H,7-12H2,1-4H3/p+1. The van der Waals surface area contributed by atoms with Gasteiger partial charge in [-0.15, -0.1) is 0 Å². The molecule has 0 atom stereocenters. The summed E-state index contributed by atoms with van der Waals surface area (Å²) >= 11 is 0. The van der Waals surface area contributed by atoms with Crippen molar-refractivity contribution in [3.63, 3.8) is 0 Å². The molecular formula is C22H30FN2O3+. The molecular weight excluding hydrogens is 359 g/mol. The van der Waals surface area contributed by atoms with Crippen molar-refractivity contribution < 1.29 is 23.5 Å². The Kier molecular flexibility index (Phi) is 6.62. The number of piperazine rings is 1. The second-order valence-corrected chi connectivity index (χ2v) is 7.20. The molecule has 0 amide bonds. The first-order chi connectivity index (χ1) is 13.5. The Bertz CT molecular complexity index is 779. The molecule has 0 radical (unpaired) electrons. The molecule has 6 heteroatoms. The molecule has 1 aliphatic heterocycles. The Hall–Kier alpha value is -2.47. The van der Waals surface area contributed by atoms with E-state index in [-0.39, 0.29) is 5.82 Å². The third-order valence-corrected chi connectivity index (χ3v) is 5.48. The number of nitrogens with zero attached hydrogens (tertiary/aromatic N) is 1. The fourth-order valence-corrected chi connectivity index (χ4v) is 3.71. The summed E-state index contributed by atoms with van der Waals surface area (Å²) < 4.78 is 30.1. The third-order valence-electron chi connectivity index (χ3n) is 5.48. The van der Waals surface area contributed by atoms with E-state index in [1.165, 1.54) is 5.56 Å². The van der Waals surface area contributed by atoms with Gasteiger partial charge in [-0.1, -0.05) is 6.07 Å². The normalized spacial score (nSPS) is 14.8. The minimum absolute atomic E-state index is 0.130. The topological polar surface area (TPSA) is 35.4 Å². The van der Waals surface area contributed by atoms with E-state index in [4.69, 9.17) is 14.2 Å². The summed E-state index contributed by atoms with van der Waals surface area (Å²) in [6.07, 6.45) is 0.936. The van der Waals surface area contributed by atoms with Gasteiger partial charge in [0.2, 0.25) is 5.75 Å². The first-order valence-electron chi connectivity index (χ1n) is 9.69. The molecule has 1 aliphatic rings. The van der Waals surface area contributed by atoms with Gasteiger partial charge in [0.25, 0.3) is 0 Å². The summed E-state index contributed by atoms with van der Waals surface area (Å²) in [4.78, 5) is 3.82. The fourth-order valence-electron chi connectivity index (χ4n) is 3.71. The minimum Gasteiger partial charge on any atom is -0.493 e. The molecule has 0 aromatic heterocycles. The molecule has 28 heavy (non-hydrogen) atoms. The van der Waals surface area contributed by atoms with Crippen LogP contribution in [0, 0.1) is 12.7 Å². The van der Waals surface area contributed by atoms with Crippen LogP contribution in [0.1, 0.15) is 11.1 Å². The van der Waals surface area contributed by atoms with Gasteiger partial charge in [-0.3, -0.25) is 0 Å². The molecule has 1 saturated heterocycles. The van der Waals surface area contributed by atoms with Crippen LogP contribution in [0.4, 0.5) is 10.1 Å². The largest absolute Gasteiger partial charge is 0.493 e. The zero-order valence-corrected chi connectivity index (χ0v) is 17.2. The van der Waals surface area contributed by atoms with E-state index in [0.717, 1.165) is 44.8 Å². The van der Waals surface area contributed by atoms with Gasteiger partial charge >= 0.3 is 0 Å². The van der Waals surface area contributed by atoms with Gasteiger partial charge in [-0.2, -0.15) is 0 Å². The Morgan fingerprint density at radius 1 is 0.964 bits per heavy atom. The van der Waals surface area contributed by atoms with Crippen LogP contribution in [0.2, 0.25) is 0 Å². The molecule has 2 aromatic rings. The van der Waals surface area contributed by atoms with Crippen LogP contribution < -0.4 is 24.0 Å². The van der Waals surface area contributed by atoms with Crippen molar-refractivity contribution in [2.75, 3.05) is 59.0 Å². The van der Waals surface area contributed by atoms with Crippen molar-refractivity contribution in [3.8, 4) is 17.2 Å². The maximum Gasteiger partial charge on any atom is 0.203 e.